The molecule has 0 fully saturated rings. The van der Waals surface area contributed by atoms with Crippen LogP contribution in [-0.2, 0) is 19.3 Å². The SMILES string of the molecule is CCC(Cc1cccc(C#N)c1)NC1CCc2cccc(OC)c2C1. The van der Waals surface area contributed by atoms with Gasteiger partial charge in [-0.1, -0.05) is 31.2 Å². The van der Waals surface area contributed by atoms with Crippen molar-refractivity contribution in [2.24, 2.45) is 0 Å². The maximum atomic E-state index is 9.08. The van der Waals surface area contributed by atoms with Gasteiger partial charge in [0.2, 0.25) is 0 Å². The van der Waals surface area contributed by atoms with Crippen molar-refractivity contribution in [1.82, 2.24) is 5.32 Å². The van der Waals surface area contributed by atoms with E-state index >= 15 is 0 Å². The lowest BCUT2D eigenvalue weighted by Gasteiger charge is -2.30. The molecule has 0 radical (unpaired) electrons. The minimum atomic E-state index is 0.426. The molecule has 2 aromatic rings. The average molecular weight is 334 g/mol. The topological polar surface area (TPSA) is 45.0 Å². The van der Waals surface area contributed by atoms with E-state index in [4.69, 9.17) is 10.00 Å². The van der Waals surface area contributed by atoms with Crippen LogP contribution >= 0.6 is 0 Å². The van der Waals surface area contributed by atoms with Crippen molar-refractivity contribution in [3.63, 3.8) is 0 Å². The molecule has 3 heteroatoms. The Morgan fingerprint density at radius 3 is 2.88 bits per heavy atom. The third-order valence-electron chi connectivity index (χ3n) is 5.17. The maximum absolute atomic E-state index is 9.08. The molecular weight excluding hydrogens is 308 g/mol. The lowest BCUT2D eigenvalue weighted by Crippen LogP contribution is -2.42. The largest absolute Gasteiger partial charge is 0.496 e. The molecule has 2 atom stereocenters. The number of nitrogens with zero attached hydrogens (tertiary/aromatic N) is 1. The van der Waals surface area contributed by atoms with Crippen molar-refractivity contribution >= 4 is 0 Å². The first kappa shape index (κ1) is 17.5. The van der Waals surface area contributed by atoms with E-state index in [0.29, 0.717) is 12.1 Å². The lowest BCUT2D eigenvalue weighted by molar-refractivity contribution is 0.367. The van der Waals surface area contributed by atoms with Gasteiger partial charge in [-0.2, -0.15) is 5.26 Å². The fourth-order valence-corrected chi connectivity index (χ4v) is 3.80. The number of hydrogen-bond acceptors (Lipinski definition) is 3. The summed E-state index contributed by atoms with van der Waals surface area (Å²) >= 11 is 0. The molecule has 3 nitrogen and oxygen atoms in total. The zero-order valence-electron chi connectivity index (χ0n) is 15.1. The third-order valence-corrected chi connectivity index (χ3v) is 5.17. The molecular formula is C22H26N2O. The molecule has 25 heavy (non-hydrogen) atoms. The van der Waals surface area contributed by atoms with Crippen LogP contribution in [0.1, 0.15) is 42.0 Å². The Morgan fingerprint density at radius 1 is 1.28 bits per heavy atom. The number of aryl methyl sites for hydroxylation is 1. The summed E-state index contributed by atoms with van der Waals surface area (Å²) in [5.74, 6) is 1.01. The van der Waals surface area contributed by atoms with Crippen LogP contribution in [0.5, 0.6) is 5.75 Å². The van der Waals surface area contributed by atoms with E-state index in [1.807, 2.05) is 18.2 Å². The van der Waals surface area contributed by atoms with Gasteiger partial charge >= 0.3 is 0 Å². The van der Waals surface area contributed by atoms with E-state index in [2.05, 4.69) is 42.6 Å². The van der Waals surface area contributed by atoms with Gasteiger partial charge in [-0.25, -0.2) is 0 Å². The Morgan fingerprint density at radius 2 is 2.12 bits per heavy atom. The highest BCUT2D eigenvalue weighted by Crippen LogP contribution is 2.29. The summed E-state index contributed by atoms with van der Waals surface area (Å²) in [5.41, 5.74) is 4.75. The van der Waals surface area contributed by atoms with E-state index in [0.717, 1.165) is 43.4 Å². The first-order valence-electron chi connectivity index (χ1n) is 9.13. The summed E-state index contributed by atoms with van der Waals surface area (Å²) in [5, 5.41) is 12.9. The predicted octanol–water partition coefficient (Wildman–Crippen LogP) is 4.04. The van der Waals surface area contributed by atoms with Crippen LogP contribution < -0.4 is 10.1 Å². The number of rotatable bonds is 6. The quantitative estimate of drug-likeness (QED) is 0.867. The summed E-state index contributed by atoms with van der Waals surface area (Å²) in [7, 11) is 1.75. The van der Waals surface area contributed by atoms with Crippen LogP contribution in [0.2, 0.25) is 0 Å². The van der Waals surface area contributed by atoms with E-state index in [9.17, 15) is 0 Å². The molecule has 1 aliphatic carbocycles. The molecule has 0 spiro atoms. The van der Waals surface area contributed by atoms with Gasteiger partial charge in [0.25, 0.3) is 0 Å². The normalized spacial score (nSPS) is 17.4. The number of nitriles is 1. The maximum Gasteiger partial charge on any atom is 0.122 e. The van der Waals surface area contributed by atoms with Crippen LogP contribution in [0, 0.1) is 11.3 Å². The summed E-state index contributed by atoms with van der Waals surface area (Å²) in [6, 6.07) is 17.5. The summed E-state index contributed by atoms with van der Waals surface area (Å²) in [6.07, 6.45) is 5.32. The molecule has 130 valence electrons. The van der Waals surface area contributed by atoms with Crippen molar-refractivity contribution in [1.29, 1.82) is 5.26 Å². The monoisotopic (exact) mass is 334 g/mol. The summed E-state index contributed by atoms with van der Waals surface area (Å²) in [4.78, 5) is 0. The molecule has 0 heterocycles. The van der Waals surface area contributed by atoms with Crippen LogP contribution in [0.3, 0.4) is 0 Å². The molecule has 0 bridgehead atoms. The zero-order valence-corrected chi connectivity index (χ0v) is 15.1. The van der Waals surface area contributed by atoms with Crippen molar-refractivity contribution < 1.29 is 4.74 Å². The lowest BCUT2D eigenvalue weighted by atomic mass is 9.87. The van der Waals surface area contributed by atoms with Crippen LogP contribution in [0.25, 0.3) is 0 Å². The molecule has 0 saturated carbocycles. The van der Waals surface area contributed by atoms with Gasteiger partial charge in [0.15, 0.2) is 0 Å². The highest BCUT2D eigenvalue weighted by Gasteiger charge is 2.23. The number of ether oxygens (including phenoxy) is 1. The van der Waals surface area contributed by atoms with Gasteiger partial charge in [0, 0.05) is 12.1 Å². The first-order valence-corrected chi connectivity index (χ1v) is 9.13. The van der Waals surface area contributed by atoms with Gasteiger partial charge in [-0.3, -0.25) is 0 Å². The van der Waals surface area contributed by atoms with Crippen LogP contribution in [-0.4, -0.2) is 19.2 Å². The fourth-order valence-electron chi connectivity index (χ4n) is 3.80. The van der Waals surface area contributed by atoms with Gasteiger partial charge in [0.05, 0.1) is 18.7 Å². The average Bonchev–Trinajstić information content (AvgIpc) is 2.67. The number of methoxy groups -OCH3 is 1. The minimum absolute atomic E-state index is 0.426. The van der Waals surface area contributed by atoms with Crippen LogP contribution in [0.4, 0.5) is 0 Å². The highest BCUT2D eigenvalue weighted by atomic mass is 16.5. The molecule has 1 N–H and O–H groups in total. The van der Waals surface area contributed by atoms with E-state index in [-0.39, 0.29) is 0 Å². The Labute approximate surface area is 150 Å². The van der Waals surface area contributed by atoms with E-state index in [1.165, 1.54) is 16.7 Å². The fraction of sp³-hybridized carbons (Fsp3) is 0.409. The second-order valence-electron chi connectivity index (χ2n) is 6.83. The molecule has 0 aromatic heterocycles. The predicted molar refractivity (Wildman–Crippen MR) is 101 cm³/mol. The van der Waals surface area contributed by atoms with Crippen molar-refractivity contribution in [3.05, 3.63) is 64.7 Å². The second-order valence-corrected chi connectivity index (χ2v) is 6.83. The number of fused-ring (bicyclic) bond motifs is 1. The minimum Gasteiger partial charge on any atom is -0.496 e. The van der Waals surface area contributed by atoms with Gasteiger partial charge in [-0.15, -0.1) is 0 Å². The van der Waals surface area contributed by atoms with Gasteiger partial charge in [-0.05, 0) is 67.0 Å². The summed E-state index contributed by atoms with van der Waals surface area (Å²) in [6.45, 7) is 2.23. The van der Waals surface area contributed by atoms with Crippen molar-refractivity contribution in [2.75, 3.05) is 7.11 Å². The highest BCUT2D eigenvalue weighted by molar-refractivity contribution is 5.42. The number of nitrogens with one attached hydrogen (secondary N) is 1. The number of hydrogen-bond donors (Lipinski definition) is 1. The smallest absolute Gasteiger partial charge is 0.122 e. The number of benzene rings is 2. The molecule has 0 saturated heterocycles. The first-order chi connectivity index (χ1) is 12.2. The standard InChI is InChI=1S/C22H26N2O/c1-3-19(13-16-6-4-7-17(12-16)15-23)24-20-11-10-18-8-5-9-22(25-2)21(18)14-20/h4-9,12,19-20,24H,3,10-11,13-14H2,1-2H3. The second kappa shape index (κ2) is 8.18. The third kappa shape index (κ3) is 4.21. The zero-order chi connectivity index (χ0) is 17.6. The molecule has 3 rings (SSSR count). The Bertz CT molecular complexity index is 749. The van der Waals surface area contributed by atoms with Gasteiger partial charge < -0.3 is 10.1 Å². The molecule has 1 aliphatic rings. The molecule has 2 aromatic carbocycles. The van der Waals surface area contributed by atoms with Gasteiger partial charge in [0.1, 0.15) is 5.75 Å². The van der Waals surface area contributed by atoms with E-state index < -0.39 is 0 Å². The Hall–Kier alpha value is -2.31. The van der Waals surface area contributed by atoms with Crippen molar-refractivity contribution in [3.8, 4) is 11.8 Å². The van der Waals surface area contributed by atoms with E-state index in [1.54, 1.807) is 7.11 Å². The molecule has 2 unspecified atom stereocenters. The Kier molecular flexibility index (Phi) is 5.73. The van der Waals surface area contributed by atoms with Crippen LogP contribution in [0.15, 0.2) is 42.5 Å². The molecule has 0 aliphatic heterocycles. The molecule has 0 amide bonds. The Balaban J connectivity index is 1.67. The van der Waals surface area contributed by atoms with Crippen molar-refractivity contribution in [2.45, 2.75) is 51.1 Å². The summed E-state index contributed by atoms with van der Waals surface area (Å²) < 4.78 is 5.56.